The van der Waals surface area contributed by atoms with Crippen molar-refractivity contribution in [2.45, 2.75) is 13.8 Å². The van der Waals surface area contributed by atoms with Gasteiger partial charge in [-0.05, 0) is 31.4 Å². The standard InChI is InChI=1S/C12H15N3S/c1-3-15(4-2)12(13)9-7-11-10(14-8-9)5-6-16-11/h5-8,13H,3-4H2,1-2H3. The van der Waals surface area contributed by atoms with Crippen LogP contribution >= 0.6 is 11.3 Å². The molecule has 0 aliphatic heterocycles. The molecule has 0 saturated heterocycles. The van der Waals surface area contributed by atoms with Gasteiger partial charge in [0, 0.05) is 24.8 Å². The van der Waals surface area contributed by atoms with Gasteiger partial charge in [-0.3, -0.25) is 10.4 Å². The predicted molar refractivity (Wildman–Crippen MR) is 69.4 cm³/mol. The van der Waals surface area contributed by atoms with Crippen molar-refractivity contribution in [2.24, 2.45) is 0 Å². The van der Waals surface area contributed by atoms with Gasteiger partial charge in [-0.1, -0.05) is 0 Å². The summed E-state index contributed by atoms with van der Waals surface area (Å²) >= 11 is 1.67. The van der Waals surface area contributed by atoms with E-state index in [9.17, 15) is 0 Å². The summed E-state index contributed by atoms with van der Waals surface area (Å²) < 4.78 is 1.15. The summed E-state index contributed by atoms with van der Waals surface area (Å²) in [5.74, 6) is 0.563. The average molecular weight is 233 g/mol. The molecule has 2 aromatic rings. The second-order valence-corrected chi connectivity index (χ2v) is 4.50. The van der Waals surface area contributed by atoms with Gasteiger partial charge in [0.15, 0.2) is 0 Å². The fourth-order valence-electron chi connectivity index (χ4n) is 1.70. The maximum Gasteiger partial charge on any atom is 0.129 e. The molecule has 84 valence electrons. The zero-order valence-electron chi connectivity index (χ0n) is 9.53. The Hall–Kier alpha value is -1.42. The van der Waals surface area contributed by atoms with Crippen LogP contribution in [-0.2, 0) is 0 Å². The Morgan fingerprint density at radius 3 is 2.88 bits per heavy atom. The molecular formula is C12H15N3S. The quantitative estimate of drug-likeness (QED) is 0.654. The average Bonchev–Trinajstić information content (AvgIpc) is 2.77. The molecule has 0 bridgehead atoms. The van der Waals surface area contributed by atoms with Crippen LogP contribution in [0.15, 0.2) is 23.7 Å². The minimum absolute atomic E-state index is 0.563. The first-order valence-electron chi connectivity index (χ1n) is 5.43. The lowest BCUT2D eigenvalue weighted by Gasteiger charge is -2.21. The number of nitrogens with one attached hydrogen (secondary N) is 1. The number of hydrogen-bond donors (Lipinski definition) is 1. The van der Waals surface area contributed by atoms with Crippen LogP contribution in [0.5, 0.6) is 0 Å². The normalized spacial score (nSPS) is 10.6. The lowest BCUT2D eigenvalue weighted by molar-refractivity contribution is 0.463. The lowest BCUT2D eigenvalue weighted by atomic mass is 10.2. The van der Waals surface area contributed by atoms with E-state index in [2.05, 4.69) is 18.8 Å². The van der Waals surface area contributed by atoms with E-state index in [1.807, 2.05) is 22.4 Å². The highest BCUT2D eigenvalue weighted by atomic mass is 32.1. The minimum atomic E-state index is 0.563. The summed E-state index contributed by atoms with van der Waals surface area (Å²) in [4.78, 5) is 6.38. The van der Waals surface area contributed by atoms with Crippen LogP contribution < -0.4 is 0 Å². The fraction of sp³-hybridized carbons (Fsp3) is 0.333. The Morgan fingerprint density at radius 2 is 2.19 bits per heavy atom. The molecule has 16 heavy (non-hydrogen) atoms. The van der Waals surface area contributed by atoms with Crippen molar-refractivity contribution in [2.75, 3.05) is 13.1 Å². The van der Waals surface area contributed by atoms with Crippen LogP contribution in [0.25, 0.3) is 10.2 Å². The van der Waals surface area contributed by atoms with Gasteiger partial charge in [0.25, 0.3) is 0 Å². The van der Waals surface area contributed by atoms with E-state index in [0.717, 1.165) is 28.9 Å². The van der Waals surface area contributed by atoms with Crippen molar-refractivity contribution in [3.05, 3.63) is 29.3 Å². The maximum atomic E-state index is 8.11. The van der Waals surface area contributed by atoms with Crippen molar-refractivity contribution < 1.29 is 0 Å². The highest BCUT2D eigenvalue weighted by Gasteiger charge is 2.09. The molecule has 0 aromatic carbocycles. The third-order valence-corrected chi connectivity index (χ3v) is 3.51. The number of hydrogen-bond acceptors (Lipinski definition) is 3. The Kier molecular flexibility index (Phi) is 3.19. The Balaban J connectivity index is 2.35. The topological polar surface area (TPSA) is 40.0 Å². The first-order chi connectivity index (χ1) is 7.76. The molecule has 0 amide bonds. The summed E-state index contributed by atoms with van der Waals surface area (Å²) in [6, 6.07) is 4.05. The van der Waals surface area contributed by atoms with Crippen molar-refractivity contribution in [3.63, 3.8) is 0 Å². The molecule has 0 spiro atoms. The smallest absolute Gasteiger partial charge is 0.129 e. The number of fused-ring (bicyclic) bond motifs is 1. The molecule has 0 saturated carbocycles. The van der Waals surface area contributed by atoms with Crippen LogP contribution in [0.3, 0.4) is 0 Å². The predicted octanol–water partition coefficient (Wildman–Crippen LogP) is 2.96. The second-order valence-electron chi connectivity index (χ2n) is 3.55. The van der Waals surface area contributed by atoms with Gasteiger partial charge in [0.2, 0.25) is 0 Å². The number of aromatic nitrogens is 1. The zero-order valence-corrected chi connectivity index (χ0v) is 10.3. The summed E-state index contributed by atoms with van der Waals surface area (Å²) in [6.45, 7) is 5.85. The van der Waals surface area contributed by atoms with Crippen LogP contribution in [-0.4, -0.2) is 28.8 Å². The van der Waals surface area contributed by atoms with Crippen LogP contribution in [0.4, 0.5) is 0 Å². The summed E-state index contributed by atoms with van der Waals surface area (Å²) in [5.41, 5.74) is 1.92. The summed E-state index contributed by atoms with van der Waals surface area (Å²) in [5, 5.41) is 10.1. The Labute approximate surface area is 99.2 Å². The number of amidine groups is 1. The van der Waals surface area contributed by atoms with E-state index in [0.29, 0.717) is 5.84 Å². The van der Waals surface area contributed by atoms with Gasteiger partial charge in [-0.2, -0.15) is 0 Å². The molecule has 2 aromatic heterocycles. The van der Waals surface area contributed by atoms with Crippen LogP contribution in [0, 0.1) is 5.41 Å². The number of rotatable bonds is 3. The highest BCUT2D eigenvalue weighted by molar-refractivity contribution is 7.17. The minimum Gasteiger partial charge on any atom is -0.357 e. The van der Waals surface area contributed by atoms with Crippen molar-refractivity contribution in [1.29, 1.82) is 5.41 Å². The van der Waals surface area contributed by atoms with Crippen molar-refractivity contribution in [3.8, 4) is 0 Å². The first kappa shape index (κ1) is 11.1. The van der Waals surface area contributed by atoms with E-state index >= 15 is 0 Å². The van der Waals surface area contributed by atoms with Crippen molar-refractivity contribution in [1.82, 2.24) is 9.88 Å². The van der Waals surface area contributed by atoms with Gasteiger partial charge >= 0.3 is 0 Å². The SMILES string of the molecule is CCN(CC)C(=N)c1cnc2ccsc2c1. The third kappa shape index (κ3) is 1.93. The molecule has 2 rings (SSSR count). The van der Waals surface area contributed by atoms with Crippen LogP contribution in [0.2, 0.25) is 0 Å². The van der Waals surface area contributed by atoms with Gasteiger partial charge < -0.3 is 4.90 Å². The number of thiophene rings is 1. The van der Waals surface area contributed by atoms with Crippen molar-refractivity contribution >= 4 is 27.4 Å². The van der Waals surface area contributed by atoms with Crippen LogP contribution in [0.1, 0.15) is 19.4 Å². The van der Waals surface area contributed by atoms with E-state index in [-0.39, 0.29) is 0 Å². The highest BCUT2D eigenvalue weighted by Crippen LogP contribution is 2.20. The molecule has 4 heteroatoms. The maximum absolute atomic E-state index is 8.11. The Bertz CT molecular complexity index is 500. The lowest BCUT2D eigenvalue weighted by Crippen LogP contribution is -2.30. The van der Waals surface area contributed by atoms with Gasteiger partial charge in [0.1, 0.15) is 5.84 Å². The van der Waals surface area contributed by atoms with E-state index in [1.54, 1.807) is 17.5 Å². The molecule has 1 N–H and O–H groups in total. The van der Waals surface area contributed by atoms with Gasteiger partial charge in [-0.25, -0.2) is 0 Å². The van der Waals surface area contributed by atoms with Gasteiger partial charge in [0.05, 0.1) is 10.2 Å². The number of nitrogens with zero attached hydrogens (tertiary/aromatic N) is 2. The molecule has 0 atom stereocenters. The monoisotopic (exact) mass is 233 g/mol. The largest absolute Gasteiger partial charge is 0.357 e. The molecule has 0 aliphatic carbocycles. The molecule has 0 unspecified atom stereocenters. The molecule has 3 nitrogen and oxygen atoms in total. The van der Waals surface area contributed by atoms with E-state index < -0.39 is 0 Å². The third-order valence-electron chi connectivity index (χ3n) is 2.66. The fourth-order valence-corrected chi connectivity index (χ4v) is 2.48. The molecular weight excluding hydrogens is 218 g/mol. The summed E-state index contributed by atoms with van der Waals surface area (Å²) in [7, 11) is 0. The molecule has 0 fully saturated rings. The molecule has 0 aliphatic rings. The molecule has 0 radical (unpaired) electrons. The number of pyridine rings is 1. The Morgan fingerprint density at radius 1 is 1.44 bits per heavy atom. The first-order valence-corrected chi connectivity index (χ1v) is 6.31. The zero-order chi connectivity index (χ0) is 11.5. The van der Waals surface area contributed by atoms with E-state index in [1.165, 1.54) is 0 Å². The van der Waals surface area contributed by atoms with Gasteiger partial charge in [-0.15, -0.1) is 11.3 Å². The summed E-state index contributed by atoms with van der Waals surface area (Å²) in [6.07, 6.45) is 1.79. The molecule has 2 heterocycles. The van der Waals surface area contributed by atoms with E-state index in [4.69, 9.17) is 5.41 Å². The second kappa shape index (κ2) is 4.61.